The van der Waals surface area contributed by atoms with E-state index in [9.17, 15) is 41.5 Å². The zero-order chi connectivity index (χ0) is 55.0. The number of carbonyl (C=O) groups excluding carboxylic acids is 5. The molecule has 17 nitrogen and oxygen atoms in total. The van der Waals surface area contributed by atoms with Crippen LogP contribution in [-0.4, -0.2) is 167 Å². The second-order valence-electron chi connectivity index (χ2n) is 21.5. The molecular weight excluding hydrogens is 1030 g/mol. The van der Waals surface area contributed by atoms with Crippen LogP contribution in [0.4, 0.5) is 23.2 Å². The van der Waals surface area contributed by atoms with Gasteiger partial charge in [0, 0.05) is 106 Å². The smallest absolute Gasteiger partial charge is 0.401 e. The summed E-state index contributed by atoms with van der Waals surface area (Å²) < 4.78 is 68.0. The predicted molar refractivity (Wildman–Crippen MR) is 281 cm³/mol. The first-order valence-electron chi connectivity index (χ1n) is 26.0. The second kappa shape index (κ2) is 23.3. The third kappa shape index (κ3) is 12.5. The van der Waals surface area contributed by atoms with Crippen molar-refractivity contribution in [2.24, 2.45) is 17.3 Å². The van der Waals surface area contributed by atoms with Gasteiger partial charge in [0.25, 0.3) is 17.4 Å². The number of hydrazine groups is 1. The summed E-state index contributed by atoms with van der Waals surface area (Å²) >= 11 is 6.75. The maximum Gasteiger partial charge on any atom is 0.401 e. The number of hydrogen-bond acceptors (Lipinski definition) is 13. The van der Waals surface area contributed by atoms with Gasteiger partial charge in [0.1, 0.15) is 18.1 Å². The van der Waals surface area contributed by atoms with Crippen LogP contribution < -0.4 is 15.6 Å². The molecule has 4 amide bonds. The van der Waals surface area contributed by atoms with Gasteiger partial charge >= 0.3 is 12.1 Å². The highest BCUT2D eigenvalue weighted by molar-refractivity contribution is 7.10. The molecule has 23 heteroatoms. The SMILES string of the molecule is CCn1c(-c2cc(N3CCN(CC(F)(F)F)CC3)cnc2[C@H](C)OC)c2c3cc(ccc31)-c1csc(n1)C[C@H](NC(=O)[C@H](C(C)C)N(C)C(=O)[C@H]1CCN(C(=O)[C@H](F)Cl)C1)C(=O)N1CCC[C@H](N1)C(=O)OCC(C)(C)C2. The molecule has 4 aromatic rings. The largest absolute Gasteiger partial charge is 0.464 e. The third-order valence-electron chi connectivity index (χ3n) is 15.1. The molecule has 0 aliphatic carbocycles. The van der Waals surface area contributed by atoms with E-state index in [1.54, 1.807) is 27.2 Å². The van der Waals surface area contributed by atoms with Crippen molar-refractivity contribution in [1.29, 1.82) is 0 Å². The van der Waals surface area contributed by atoms with Crippen LogP contribution in [0, 0.1) is 17.3 Å². The Balaban J connectivity index is 1.17. The van der Waals surface area contributed by atoms with Gasteiger partial charge < -0.3 is 34.1 Å². The number of cyclic esters (lactones) is 1. The number of alkyl halides is 5. The number of rotatable bonds is 12. The Morgan fingerprint density at radius 1 is 1.07 bits per heavy atom. The van der Waals surface area contributed by atoms with Crippen LogP contribution in [0.1, 0.15) is 83.2 Å². The average Bonchev–Trinajstić information content (AvgIpc) is 4.18. The number of nitrogens with zero attached hydrogens (tertiary/aromatic N) is 8. The zero-order valence-corrected chi connectivity index (χ0v) is 45.9. The summed E-state index contributed by atoms with van der Waals surface area (Å²) in [5.74, 6) is -4.07. The molecule has 3 saturated heterocycles. The van der Waals surface area contributed by atoms with Crippen molar-refractivity contribution < 1.29 is 51.0 Å². The van der Waals surface area contributed by atoms with Gasteiger partial charge in [0.2, 0.25) is 11.8 Å². The lowest BCUT2D eigenvalue weighted by atomic mass is 9.84. The lowest BCUT2D eigenvalue weighted by Gasteiger charge is -2.37. The van der Waals surface area contributed by atoms with Crippen LogP contribution in [0.25, 0.3) is 33.4 Å². The fraction of sp³-hybridized carbons (Fsp3) is 0.604. The number of benzene rings is 1. The average molecular weight is 1100 g/mol. The Bertz CT molecular complexity index is 2800. The maximum atomic E-state index is 14.7. The molecule has 8 rings (SSSR count). The number of amides is 4. The number of likely N-dealkylation sites (N-methyl/N-ethyl adjacent to an activating group) is 1. The van der Waals surface area contributed by atoms with Crippen LogP contribution in [0.3, 0.4) is 0 Å². The van der Waals surface area contributed by atoms with Crippen molar-refractivity contribution in [2.75, 3.05) is 78.0 Å². The van der Waals surface area contributed by atoms with E-state index in [0.29, 0.717) is 55.3 Å². The Morgan fingerprint density at radius 2 is 1.80 bits per heavy atom. The van der Waals surface area contributed by atoms with Crippen LogP contribution in [0.2, 0.25) is 0 Å². The Kier molecular flexibility index (Phi) is 17.4. The van der Waals surface area contributed by atoms with Crippen molar-refractivity contribution in [1.82, 2.24) is 45.0 Å². The monoisotopic (exact) mass is 1100 g/mol. The molecule has 4 aliphatic rings. The van der Waals surface area contributed by atoms with Gasteiger partial charge in [-0.3, -0.25) is 38.9 Å². The number of aromatic nitrogens is 3. The van der Waals surface area contributed by atoms with Crippen LogP contribution in [0.15, 0.2) is 35.8 Å². The van der Waals surface area contributed by atoms with E-state index in [-0.39, 0.29) is 52.2 Å². The standard InChI is InChI=1S/C53H69ClF4N10O7S/c1-9-67-41-13-12-32-21-35(41)37(45(67)36-22-34(25-59-43(36)31(4)74-8)65-19-17-64(18-20-65)28-53(56,57)58)24-52(5,6)29-75-51(73)38-11-10-15-68(62-38)49(71)39(23-42-60-40(32)27-76-42)61-47(69)44(30(2)3)63(7)48(70)33-14-16-66(26-33)50(72)46(54)55/h12-13,21-22,25,27,30-31,33,38-39,44,46,62H,9-11,14-20,23-24,26,28-29H2,1-8H3,(H,61,69)/t31-,33-,38-,39-,44-,46-/m0/s1. The lowest BCUT2D eigenvalue weighted by Crippen LogP contribution is -2.62. The molecule has 1 aromatic carbocycles. The number of ether oxygens (including phenoxy) is 2. The number of anilines is 1. The minimum atomic E-state index is -4.29. The van der Waals surface area contributed by atoms with Gasteiger partial charge in [-0.25, -0.2) is 14.8 Å². The van der Waals surface area contributed by atoms with Crippen molar-refractivity contribution >= 4 is 69.1 Å². The van der Waals surface area contributed by atoms with E-state index in [1.165, 1.54) is 38.1 Å². The Morgan fingerprint density at radius 3 is 2.47 bits per heavy atom. The van der Waals surface area contributed by atoms with Crippen LogP contribution in [0.5, 0.6) is 0 Å². The number of thiazole rings is 1. The van der Waals surface area contributed by atoms with Gasteiger partial charge in [-0.1, -0.05) is 45.4 Å². The van der Waals surface area contributed by atoms with E-state index in [2.05, 4.69) is 45.3 Å². The number of aryl methyl sites for hydroxylation is 1. The molecule has 76 heavy (non-hydrogen) atoms. The molecule has 0 unspecified atom stereocenters. The molecule has 6 bridgehead atoms. The summed E-state index contributed by atoms with van der Waals surface area (Å²) in [6, 6.07) is 5.10. The number of piperazine rings is 1. The van der Waals surface area contributed by atoms with E-state index in [4.69, 9.17) is 31.0 Å². The summed E-state index contributed by atoms with van der Waals surface area (Å²) in [6.45, 7) is 12.8. The lowest BCUT2D eigenvalue weighted by molar-refractivity contribution is -0.155. The second-order valence-corrected chi connectivity index (χ2v) is 22.9. The molecule has 0 radical (unpaired) electrons. The van der Waals surface area contributed by atoms with E-state index >= 15 is 0 Å². The maximum absolute atomic E-state index is 14.7. The molecule has 3 fully saturated rings. The fourth-order valence-electron chi connectivity index (χ4n) is 11.1. The number of carbonyl (C=O) groups is 5. The zero-order valence-electron chi connectivity index (χ0n) is 44.3. The third-order valence-corrected chi connectivity index (χ3v) is 16.1. The van der Waals surface area contributed by atoms with Gasteiger partial charge in [-0.15, -0.1) is 11.3 Å². The first-order chi connectivity index (χ1) is 36.0. The van der Waals surface area contributed by atoms with Crippen molar-refractivity contribution in [3.05, 3.63) is 52.1 Å². The Labute approximate surface area is 449 Å². The van der Waals surface area contributed by atoms with Crippen molar-refractivity contribution in [2.45, 2.75) is 116 Å². The van der Waals surface area contributed by atoms with Gasteiger partial charge in [-0.2, -0.15) is 13.2 Å². The summed E-state index contributed by atoms with van der Waals surface area (Å²) in [4.78, 5) is 85.6. The first kappa shape index (κ1) is 56.8. The van der Waals surface area contributed by atoms with Crippen molar-refractivity contribution in [3.63, 3.8) is 0 Å². The molecule has 2 N–H and O–H groups in total. The molecule has 4 aliphatic heterocycles. The number of fused-ring (bicyclic) bond motifs is 6. The van der Waals surface area contributed by atoms with Crippen LogP contribution in [-0.2, 0) is 52.8 Å². The highest BCUT2D eigenvalue weighted by Gasteiger charge is 2.42. The molecule has 414 valence electrons. The van der Waals surface area contributed by atoms with Crippen molar-refractivity contribution in [3.8, 4) is 22.5 Å². The molecule has 3 aromatic heterocycles. The molecule has 7 heterocycles. The van der Waals surface area contributed by atoms with E-state index < -0.39 is 89.4 Å². The highest BCUT2D eigenvalue weighted by atomic mass is 35.5. The summed E-state index contributed by atoms with van der Waals surface area (Å²) in [7, 11) is 3.12. The number of halogens is 5. The summed E-state index contributed by atoms with van der Waals surface area (Å²) in [6.07, 6.45) is -1.43. The minimum Gasteiger partial charge on any atom is -0.464 e. The van der Waals surface area contributed by atoms with Gasteiger partial charge in [-0.05, 0) is 69.2 Å². The molecule has 0 saturated carbocycles. The summed E-state index contributed by atoms with van der Waals surface area (Å²) in [5.41, 5.74) is 6.71. The quantitative estimate of drug-likeness (QED) is 0.0869. The fourth-order valence-corrected chi connectivity index (χ4v) is 12.1. The summed E-state index contributed by atoms with van der Waals surface area (Å²) in [5, 5.41) is 7.69. The normalized spacial score (nSPS) is 22.1. The molecular formula is C53H69ClF4N10O7S. The number of methoxy groups -OCH3 is 1. The van der Waals surface area contributed by atoms with E-state index in [0.717, 1.165) is 39.0 Å². The van der Waals surface area contributed by atoms with Gasteiger partial charge in [0.15, 0.2) is 0 Å². The number of hydrogen-bond donors (Lipinski definition) is 2. The topological polar surface area (TPSA) is 175 Å². The minimum absolute atomic E-state index is 0.0208. The number of pyridine rings is 1. The number of likely N-dealkylation sites (tertiary alicyclic amines) is 1. The van der Waals surface area contributed by atoms with Crippen LogP contribution >= 0.6 is 22.9 Å². The predicted octanol–water partition coefficient (Wildman–Crippen LogP) is 6.75. The highest BCUT2D eigenvalue weighted by Crippen LogP contribution is 2.43. The number of nitrogens with one attached hydrogen (secondary N) is 2. The molecule has 6 atom stereocenters. The van der Waals surface area contributed by atoms with Gasteiger partial charge in [0.05, 0.1) is 59.1 Å². The van der Waals surface area contributed by atoms with E-state index in [1.807, 2.05) is 32.2 Å². The molecule has 0 spiro atoms. The number of esters is 1. The first-order valence-corrected chi connectivity index (χ1v) is 27.3. The Hall–Kier alpha value is -5.42.